The summed E-state index contributed by atoms with van der Waals surface area (Å²) in [5.74, 6) is 0.378. The van der Waals surface area contributed by atoms with Gasteiger partial charge in [-0.2, -0.15) is 0 Å². The van der Waals surface area contributed by atoms with Crippen LogP contribution in [0.5, 0.6) is 0 Å². The van der Waals surface area contributed by atoms with Gasteiger partial charge in [-0.15, -0.1) is 10.2 Å². The molecule has 1 aromatic carbocycles. The molecule has 0 atom stereocenters. The number of para-hydroxylation sites is 1. The molecule has 2 aromatic heterocycles. The second-order valence-corrected chi connectivity index (χ2v) is 8.10. The SMILES string of the molecule is CCCCNc1nnc(SCC(=O)NCCc2c[nH]c3ccccc23)s1. The number of carbonyl (C=O) groups is 1. The molecule has 0 radical (unpaired) electrons. The van der Waals surface area contributed by atoms with Gasteiger partial charge in [0.1, 0.15) is 0 Å². The molecule has 1 amide bonds. The minimum Gasteiger partial charge on any atom is -0.361 e. The number of carbonyl (C=O) groups excluding carboxylic acids is 1. The Labute approximate surface area is 161 Å². The quantitative estimate of drug-likeness (QED) is 0.364. The highest BCUT2D eigenvalue weighted by Crippen LogP contribution is 2.25. The zero-order chi connectivity index (χ0) is 18.2. The third kappa shape index (κ3) is 5.22. The maximum atomic E-state index is 12.0. The first kappa shape index (κ1) is 18.7. The van der Waals surface area contributed by atoms with E-state index in [0.29, 0.717) is 12.3 Å². The van der Waals surface area contributed by atoms with Gasteiger partial charge in [0.25, 0.3) is 0 Å². The number of aromatic nitrogens is 3. The summed E-state index contributed by atoms with van der Waals surface area (Å²) in [5.41, 5.74) is 2.35. The second-order valence-electron chi connectivity index (χ2n) is 5.90. The third-order valence-corrected chi connectivity index (χ3v) is 5.95. The van der Waals surface area contributed by atoms with Gasteiger partial charge >= 0.3 is 0 Å². The van der Waals surface area contributed by atoms with Crippen LogP contribution in [0.1, 0.15) is 25.3 Å². The van der Waals surface area contributed by atoms with E-state index < -0.39 is 0 Å². The van der Waals surface area contributed by atoms with Crippen molar-refractivity contribution >= 4 is 45.0 Å². The molecule has 0 saturated carbocycles. The van der Waals surface area contributed by atoms with Crippen LogP contribution in [0.3, 0.4) is 0 Å². The number of nitrogens with zero attached hydrogens (tertiary/aromatic N) is 2. The first-order chi connectivity index (χ1) is 12.8. The predicted octanol–water partition coefficient (Wildman–Crippen LogP) is 3.68. The highest BCUT2D eigenvalue weighted by Gasteiger charge is 2.08. The Hall–Kier alpha value is -2.06. The van der Waals surface area contributed by atoms with Crippen molar-refractivity contribution in [2.45, 2.75) is 30.5 Å². The molecule has 2 heterocycles. The van der Waals surface area contributed by atoms with Crippen LogP contribution >= 0.6 is 23.1 Å². The number of benzene rings is 1. The van der Waals surface area contributed by atoms with Crippen LogP contribution < -0.4 is 10.6 Å². The monoisotopic (exact) mass is 389 g/mol. The lowest BCUT2D eigenvalue weighted by Gasteiger charge is -2.03. The number of H-pyrrole nitrogens is 1. The van der Waals surface area contributed by atoms with Crippen molar-refractivity contribution in [3.8, 4) is 0 Å². The third-order valence-electron chi connectivity index (χ3n) is 3.93. The van der Waals surface area contributed by atoms with Crippen molar-refractivity contribution in [1.29, 1.82) is 0 Å². The molecule has 0 saturated heterocycles. The number of amides is 1. The number of unbranched alkanes of at least 4 members (excludes halogenated alkanes) is 1. The van der Waals surface area contributed by atoms with E-state index in [2.05, 4.69) is 44.9 Å². The molecule has 26 heavy (non-hydrogen) atoms. The molecule has 6 nitrogen and oxygen atoms in total. The molecule has 0 fully saturated rings. The fourth-order valence-electron chi connectivity index (χ4n) is 2.56. The second kappa shape index (κ2) is 9.59. The van der Waals surface area contributed by atoms with Crippen molar-refractivity contribution in [2.24, 2.45) is 0 Å². The Morgan fingerprint density at radius 1 is 1.27 bits per heavy atom. The Bertz CT molecular complexity index is 845. The molecule has 0 aliphatic heterocycles. The Kier molecular flexibility index (Phi) is 6.90. The van der Waals surface area contributed by atoms with Crippen LogP contribution in [0.2, 0.25) is 0 Å². The molecule has 0 bridgehead atoms. The maximum absolute atomic E-state index is 12.0. The van der Waals surface area contributed by atoms with Crippen LogP contribution in [0.15, 0.2) is 34.8 Å². The molecular formula is C18H23N5OS2. The molecule has 3 N–H and O–H groups in total. The summed E-state index contributed by atoms with van der Waals surface area (Å²) < 4.78 is 0.816. The van der Waals surface area contributed by atoms with Crippen LogP contribution in [0.25, 0.3) is 10.9 Å². The largest absolute Gasteiger partial charge is 0.361 e. The van der Waals surface area contributed by atoms with Crippen LogP contribution in [-0.4, -0.2) is 39.9 Å². The number of rotatable bonds is 10. The van der Waals surface area contributed by atoms with E-state index in [-0.39, 0.29) is 5.91 Å². The van der Waals surface area contributed by atoms with Crippen LogP contribution in [0.4, 0.5) is 5.13 Å². The number of fused-ring (bicyclic) bond motifs is 1. The Morgan fingerprint density at radius 2 is 2.15 bits per heavy atom. The normalized spacial score (nSPS) is 11.0. The van der Waals surface area contributed by atoms with Crippen molar-refractivity contribution in [1.82, 2.24) is 20.5 Å². The molecule has 0 spiro atoms. The zero-order valence-corrected chi connectivity index (χ0v) is 16.4. The van der Waals surface area contributed by atoms with Crippen LogP contribution in [0, 0.1) is 0 Å². The first-order valence-corrected chi connectivity index (χ1v) is 10.6. The summed E-state index contributed by atoms with van der Waals surface area (Å²) in [5, 5.41) is 16.5. The van der Waals surface area contributed by atoms with Gasteiger partial charge in [-0.3, -0.25) is 4.79 Å². The summed E-state index contributed by atoms with van der Waals surface area (Å²) in [6.45, 7) is 3.69. The van der Waals surface area contributed by atoms with Crippen molar-refractivity contribution in [2.75, 3.05) is 24.2 Å². The van der Waals surface area contributed by atoms with Gasteiger partial charge in [-0.1, -0.05) is 54.6 Å². The molecule has 8 heteroatoms. The fourth-order valence-corrected chi connectivity index (χ4v) is 4.17. The number of hydrogen-bond acceptors (Lipinski definition) is 6. The van der Waals surface area contributed by atoms with E-state index in [1.807, 2.05) is 18.3 Å². The summed E-state index contributed by atoms with van der Waals surface area (Å²) in [6.07, 6.45) is 5.08. The number of nitrogens with one attached hydrogen (secondary N) is 3. The zero-order valence-electron chi connectivity index (χ0n) is 14.7. The highest BCUT2D eigenvalue weighted by atomic mass is 32.2. The summed E-state index contributed by atoms with van der Waals surface area (Å²) in [6, 6.07) is 8.20. The smallest absolute Gasteiger partial charge is 0.230 e. The average Bonchev–Trinajstić information content (AvgIpc) is 3.28. The van der Waals surface area contributed by atoms with Gasteiger partial charge in [0.15, 0.2) is 4.34 Å². The van der Waals surface area contributed by atoms with E-state index in [9.17, 15) is 4.79 Å². The standard InChI is InChI=1S/C18H23N5OS2/c1-2-3-9-20-17-22-23-18(26-17)25-12-16(24)19-10-8-13-11-21-15-7-5-4-6-14(13)15/h4-7,11,21H,2-3,8-10,12H2,1H3,(H,19,24)(H,20,22). The van der Waals surface area contributed by atoms with Gasteiger partial charge in [0, 0.05) is 30.2 Å². The minimum atomic E-state index is 0.0190. The predicted molar refractivity (Wildman–Crippen MR) is 109 cm³/mol. The number of aromatic amines is 1. The maximum Gasteiger partial charge on any atom is 0.230 e. The van der Waals surface area contributed by atoms with E-state index in [1.165, 1.54) is 34.0 Å². The number of thioether (sulfide) groups is 1. The van der Waals surface area contributed by atoms with Crippen LogP contribution in [-0.2, 0) is 11.2 Å². The van der Waals surface area contributed by atoms with Gasteiger partial charge in [0.2, 0.25) is 11.0 Å². The van der Waals surface area contributed by atoms with Crippen molar-refractivity contribution in [3.05, 3.63) is 36.0 Å². The van der Waals surface area contributed by atoms with Gasteiger partial charge < -0.3 is 15.6 Å². The summed E-state index contributed by atoms with van der Waals surface area (Å²) >= 11 is 2.92. The van der Waals surface area contributed by atoms with Crippen molar-refractivity contribution in [3.63, 3.8) is 0 Å². The minimum absolute atomic E-state index is 0.0190. The summed E-state index contributed by atoms with van der Waals surface area (Å²) in [4.78, 5) is 15.3. The summed E-state index contributed by atoms with van der Waals surface area (Å²) in [7, 11) is 0. The Balaban J connectivity index is 1.38. The lowest BCUT2D eigenvalue weighted by atomic mass is 10.1. The van der Waals surface area contributed by atoms with Gasteiger partial charge in [-0.05, 0) is 24.5 Å². The first-order valence-electron chi connectivity index (χ1n) is 8.78. The molecular weight excluding hydrogens is 366 g/mol. The van der Waals surface area contributed by atoms with E-state index in [4.69, 9.17) is 0 Å². The Morgan fingerprint density at radius 3 is 3.04 bits per heavy atom. The molecule has 0 unspecified atom stereocenters. The number of anilines is 1. The lowest BCUT2D eigenvalue weighted by molar-refractivity contribution is -0.118. The van der Waals surface area contributed by atoms with Crippen molar-refractivity contribution < 1.29 is 4.79 Å². The molecule has 3 aromatic rings. The highest BCUT2D eigenvalue weighted by molar-refractivity contribution is 8.01. The molecule has 3 rings (SSSR count). The number of hydrogen-bond donors (Lipinski definition) is 3. The van der Waals surface area contributed by atoms with Gasteiger partial charge in [0.05, 0.1) is 5.75 Å². The van der Waals surface area contributed by atoms with E-state index in [0.717, 1.165) is 40.8 Å². The average molecular weight is 390 g/mol. The molecule has 0 aliphatic rings. The van der Waals surface area contributed by atoms with E-state index >= 15 is 0 Å². The lowest BCUT2D eigenvalue weighted by Crippen LogP contribution is -2.27. The fraction of sp³-hybridized carbons (Fsp3) is 0.389. The van der Waals surface area contributed by atoms with E-state index in [1.54, 1.807) is 0 Å². The van der Waals surface area contributed by atoms with Gasteiger partial charge in [-0.25, -0.2) is 0 Å². The molecule has 0 aliphatic carbocycles. The topological polar surface area (TPSA) is 82.7 Å². The molecule has 138 valence electrons.